The van der Waals surface area contributed by atoms with E-state index in [1.54, 1.807) is 26.0 Å². The number of carbonyl (C=O) groups excluding carboxylic acids is 3. The maximum atomic E-state index is 13.8. The van der Waals surface area contributed by atoms with Crippen molar-refractivity contribution in [2.24, 2.45) is 17.4 Å². The Kier molecular flexibility index (Phi) is 12.7. The third-order valence-electron chi connectivity index (χ3n) is 7.43. The molecule has 0 aliphatic carbocycles. The molecule has 3 aromatic rings. The number of amides is 3. The molecular formula is C33H43N5O6. The molecule has 9 N–H and O–H groups in total. The number of carboxylic acid groups (broad SMARTS) is 1. The van der Waals surface area contributed by atoms with Gasteiger partial charge in [-0.3, -0.25) is 14.4 Å². The van der Waals surface area contributed by atoms with Crippen molar-refractivity contribution in [3.63, 3.8) is 0 Å². The van der Waals surface area contributed by atoms with E-state index < -0.39 is 47.9 Å². The minimum absolute atomic E-state index is 0.0898. The van der Waals surface area contributed by atoms with Gasteiger partial charge in [0.25, 0.3) is 0 Å². The molecule has 0 spiro atoms. The van der Waals surface area contributed by atoms with Crippen LogP contribution in [-0.2, 0) is 32.0 Å². The Morgan fingerprint density at radius 3 is 2.00 bits per heavy atom. The molecule has 3 aromatic carbocycles. The number of nitrogens with one attached hydrogen (secondary N) is 3. The van der Waals surface area contributed by atoms with Crippen molar-refractivity contribution >= 4 is 34.5 Å². The highest BCUT2D eigenvalue weighted by Crippen LogP contribution is 2.17. The molecule has 0 saturated heterocycles. The van der Waals surface area contributed by atoms with E-state index >= 15 is 0 Å². The number of nitrogens with two attached hydrogens (primary N) is 2. The van der Waals surface area contributed by atoms with Crippen LogP contribution < -0.4 is 27.4 Å². The Balaban J connectivity index is 1.84. The lowest BCUT2D eigenvalue weighted by Gasteiger charge is -2.26. The number of phenolic OH excluding ortho intramolecular Hbond substituents is 1. The van der Waals surface area contributed by atoms with E-state index in [9.17, 15) is 29.4 Å². The number of phenols is 1. The van der Waals surface area contributed by atoms with Gasteiger partial charge >= 0.3 is 5.97 Å². The first-order valence-corrected chi connectivity index (χ1v) is 14.8. The zero-order valence-corrected chi connectivity index (χ0v) is 25.2. The second-order valence-electron chi connectivity index (χ2n) is 11.3. The lowest BCUT2D eigenvalue weighted by atomic mass is 9.99. The Morgan fingerprint density at radius 2 is 1.36 bits per heavy atom. The summed E-state index contributed by atoms with van der Waals surface area (Å²) in [5.74, 6) is -3.26. The van der Waals surface area contributed by atoms with Gasteiger partial charge in [-0.05, 0) is 72.2 Å². The van der Waals surface area contributed by atoms with Gasteiger partial charge in [-0.1, -0.05) is 68.4 Å². The number of hydrogen-bond acceptors (Lipinski definition) is 7. The monoisotopic (exact) mass is 605 g/mol. The SMILES string of the molecule is CC(C)[C@H](NC(=O)[C@H](CCCCN)NC(=O)[C@@H](Cc1ccc2ccccc2c1)NC(=O)[C@@H](N)Cc1ccc(O)cc1)C(=O)O. The van der Waals surface area contributed by atoms with Crippen LogP contribution in [0.1, 0.15) is 44.2 Å². The van der Waals surface area contributed by atoms with Crippen LogP contribution in [0.2, 0.25) is 0 Å². The molecule has 11 nitrogen and oxygen atoms in total. The van der Waals surface area contributed by atoms with E-state index in [1.807, 2.05) is 42.5 Å². The van der Waals surface area contributed by atoms with Gasteiger partial charge in [-0.15, -0.1) is 0 Å². The van der Waals surface area contributed by atoms with Crippen LogP contribution >= 0.6 is 0 Å². The molecule has 4 atom stereocenters. The van der Waals surface area contributed by atoms with Gasteiger partial charge in [0.05, 0.1) is 6.04 Å². The first kappa shape index (κ1) is 34.0. The first-order chi connectivity index (χ1) is 21.0. The number of unbranched alkanes of at least 4 members (excludes halogenated alkanes) is 1. The molecule has 3 amide bonds. The van der Waals surface area contributed by atoms with Crippen LogP contribution in [0.25, 0.3) is 10.8 Å². The van der Waals surface area contributed by atoms with E-state index in [0.717, 1.165) is 21.9 Å². The highest BCUT2D eigenvalue weighted by atomic mass is 16.4. The minimum atomic E-state index is -1.18. The Labute approximate surface area is 257 Å². The zero-order chi connectivity index (χ0) is 32.2. The average Bonchev–Trinajstić information content (AvgIpc) is 2.99. The number of carboxylic acids is 1. The van der Waals surface area contributed by atoms with Gasteiger partial charge in [0.15, 0.2) is 0 Å². The number of benzene rings is 3. The van der Waals surface area contributed by atoms with Gasteiger partial charge in [-0.25, -0.2) is 4.79 Å². The van der Waals surface area contributed by atoms with E-state index in [-0.39, 0.29) is 30.9 Å². The highest BCUT2D eigenvalue weighted by molar-refractivity contribution is 5.94. The van der Waals surface area contributed by atoms with Gasteiger partial charge in [0.2, 0.25) is 17.7 Å². The number of hydrogen-bond donors (Lipinski definition) is 7. The van der Waals surface area contributed by atoms with E-state index in [0.29, 0.717) is 19.4 Å². The van der Waals surface area contributed by atoms with Crippen LogP contribution in [0.4, 0.5) is 0 Å². The first-order valence-electron chi connectivity index (χ1n) is 14.8. The summed E-state index contributed by atoms with van der Waals surface area (Å²) in [7, 11) is 0. The molecule has 0 heterocycles. The van der Waals surface area contributed by atoms with E-state index in [2.05, 4.69) is 16.0 Å². The predicted octanol–water partition coefficient (Wildman–Crippen LogP) is 1.98. The van der Waals surface area contributed by atoms with Crippen molar-refractivity contribution < 1.29 is 29.4 Å². The minimum Gasteiger partial charge on any atom is -0.508 e. The Hall–Kier alpha value is -4.48. The van der Waals surface area contributed by atoms with E-state index in [1.165, 1.54) is 12.1 Å². The number of rotatable bonds is 16. The molecule has 0 aliphatic rings. The number of aliphatic carboxylic acids is 1. The second kappa shape index (κ2) is 16.4. The largest absolute Gasteiger partial charge is 0.508 e. The molecule has 236 valence electrons. The van der Waals surface area contributed by atoms with Crippen molar-refractivity contribution in [3.05, 3.63) is 77.9 Å². The van der Waals surface area contributed by atoms with Crippen molar-refractivity contribution in [1.82, 2.24) is 16.0 Å². The van der Waals surface area contributed by atoms with Crippen molar-refractivity contribution in [2.75, 3.05) is 6.54 Å². The summed E-state index contributed by atoms with van der Waals surface area (Å²) in [5, 5.41) is 29.2. The van der Waals surface area contributed by atoms with Gasteiger partial charge in [-0.2, -0.15) is 0 Å². The van der Waals surface area contributed by atoms with Gasteiger partial charge < -0.3 is 37.6 Å². The summed E-state index contributed by atoms with van der Waals surface area (Å²) in [6.45, 7) is 3.75. The third kappa shape index (κ3) is 10.1. The fourth-order valence-corrected chi connectivity index (χ4v) is 4.87. The zero-order valence-electron chi connectivity index (χ0n) is 25.2. The van der Waals surface area contributed by atoms with Crippen molar-refractivity contribution in [2.45, 2.75) is 70.1 Å². The van der Waals surface area contributed by atoms with Gasteiger partial charge in [0, 0.05) is 6.42 Å². The smallest absolute Gasteiger partial charge is 0.326 e. The van der Waals surface area contributed by atoms with Crippen LogP contribution in [0.15, 0.2) is 66.7 Å². The van der Waals surface area contributed by atoms with Crippen molar-refractivity contribution in [1.29, 1.82) is 0 Å². The molecule has 0 saturated carbocycles. The van der Waals surface area contributed by atoms with Gasteiger partial charge in [0.1, 0.15) is 23.9 Å². The summed E-state index contributed by atoms with van der Waals surface area (Å²) < 4.78 is 0. The van der Waals surface area contributed by atoms with Crippen molar-refractivity contribution in [3.8, 4) is 5.75 Å². The Morgan fingerprint density at radius 1 is 0.750 bits per heavy atom. The molecule has 44 heavy (non-hydrogen) atoms. The maximum Gasteiger partial charge on any atom is 0.326 e. The molecule has 0 fully saturated rings. The second-order valence-corrected chi connectivity index (χ2v) is 11.3. The summed E-state index contributed by atoms with van der Waals surface area (Å²) >= 11 is 0. The summed E-state index contributed by atoms with van der Waals surface area (Å²) in [6.07, 6.45) is 1.65. The van der Waals surface area contributed by atoms with Crippen LogP contribution in [-0.4, -0.2) is 64.6 Å². The van der Waals surface area contributed by atoms with Crippen LogP contribution in [0.5, 0.6) is 5.75 Å². The molecular weight excluding hydrogens is 562 g/mol. The van der Waals surface area contributed by atoms with Crippen LogP contribution in [0, 0.1) is 5.92 Å². The predicted molar refractivity (Wildman–Crippen MR) is 169 cm³/mol. The molecule has 0 aromatic heterocycles. The third-order valence-corrected chi connectivity index (χ3v) is 7.43. The molecule has 0 unspecified atom stereocenters. The van der Waals surface area contributed by atoms with Crippen LogP contribution in [0.3, 0.4) is 0 Å². The topological polar surface area (TPSA) is 197 Å². The fraction of sp³-hybridized carbons (Fsp3) is 0.394. The lowest BCUT2D eigenvalue weighted by molar-refractivity contribution is -0.143. The lowest BCUT2D eigenvalue weighted by Crippen LogP contribution is -2.58. The normalized spacial score (nSPS) is 13.9. The summed E-state index contributed by atoms with van der Waals surface area (Å²) in [6, 6.07) is 15.6. The van der Waals surface area contributed by atoms with E-state index in [4.69, 9.17) is 11.5 Å². The number of aromatic hydroxyl groups is 1. The molecule has 0 radical (unpaired) electrons. The summed E-state index contributed by atoms with van der Waals surface area (Å²) in [5.41, 5.74) is 13.4. The number of carbonyl (C=O) groups is 4. The molecule has 0 aliphatic heterocycles. The summed E-state index contributed by atoms with van der Waals surface area (Å²) in [4.78, 5) is 51.9. The molecule has 11 heteroatoms. The molecule has 0 bridgehead atoms. The fourth-order valence-electron chi connectivity index (χ4n) is 4.87. The standard InChI is InChI=1S/C33H43N5O6/c1-20(2)29(33(43)44)38-31(41)27(9-5-6-16-34)36-32(42)28(19-22-10-13-23-7-3-4-8-24(23)17-22)37-30(40)26(35)18-21-11-14-25(39)15-12-21/h3-4,7-8,10-15,17,20,26-29,39H,5-6,9,16,18-19,34-35H2,1-2H3,(H,36,42)(H,37,40)(H,38,41)(H,43,44)/t26-,27-,28+,29-/m0/s1. The highest BCUT2D eigenvalue weighted by Gasteiger charge is 2.31. The average molecular weight is 606 g/mol. The number of fused-ring (bicyclic) bond motifs is 1. The Bertz CT molecular complexity index is 1430. The molecule has 3 rings (SSSR count). The quantitative estimate of drug-likeness (QED) is 0.120. The maximum absolute atomic E-state index is 13.8.